The predicted octanol–water partition coefficient (Wildman–Crippen LogP) is 2.16. The summed E-state index contributed by atoms with van der Waals surface area (Å²) in [6.45, 7) is 0.621. The number of hydrogen-bond donors (Lipinski definition) is 1. The number of hydrogen-bond acceptors (Lipinski definition) is 4. The molecule has 1 amide bonds. The van der Waals surface area contributed by atoms with E-state index in [1.54, 1.807) is 4.90 Å². The summed E-state index contributed by atoms with van der Waals surface area (Å²) in [5.41, 5.74) is 1.94. The molecule has 1 unspecified atom stereocenters. The summed E-state index contributed by atoms with van der Waals surface area (Å²) in [5, 5.41) is 11.8. The number of nitrogens with zero attached hydrogens (tertiary/aromatic N) is 2. The first-order valence-electron chi connectivity index (χ1n) is 6.20. The number of aliphatic hydroxyl groups is 1. The molecule has 1 fully saturated rings. The van der Waals surface area contributed by atoms with Crippen LogP contribution in [0, 0.1) is 5.92 Å². The number of anilines is 1. The van der Waals surface area contributed by atoms with Crippen molar-refractivity contribution in [1.82, 2.24) is 4.98 Å². The Morgan fingerprint density at radius 1 is 1.37 bits per heavy atom. The molecule has 0 saturated carbocycles. The minimum atomic E-state index is 0.0385. The Bertz CT molecular complexity index is 582. The van der Waals surface area contributed by atoms with Crippen molar-refractivity contribution in [1.29, 1.82) is 0 Å². The van der Waals surface area contributed by atoms with E-state index in [9.17, 15) is 4.79 Å². The minimum Gasteiger partial charge on any atom is -0.396 e. The van der Waals surface area contributed by atoms with Gasteiger partial charge in [0.15, 0.2) is 5.13 Å². The van der Waals surface area contributed by atoms with Crippen molar-refractivity contribution in [2.24, 2.45) is 5.92 Å². The molecule has 1 aliphatic rings. The molecule has 1 atom stereocenters. The second-order valence-electron chi connectivity index (χ2n) is 4.64. The number of benzene rings is 1. The second-order valence-corrected chi connectivity index (χ2v) is 5.47. The van der Waals surface area contributed by atoms with E-state index in [2.05, 4.69) is 4.98 Å². The van der Waals surface area contributed by atoms with Gasteiger partial charge in [-0.2, -0.15) is 0 Å². The van der Waals surface area contributed by atoms with E-state index in [4.69, 9.17) is 5.11 Å². The molecule has 2 heterocycles. The average Bonchev–Trinajstić information content (AvgIpc) is 3.06. The molecule has 1 saturated heterocycles. The minimum absolute atomic E-state index is 0.0385. The molecule has 1 aromatic carbocycles. The second kappa shape index (κ2) is 5.11. The summed E-state index contributed by atoms with van der Waals surface area (Å²) in [6, 6.07) is 9.91. The highest BCUT2D eigenvalue weighted by atomic mass is 32.1. The van der Waals surface area contributed by atoms with Crippen LogP contribution in [0.5, 0.6) is 0 Å². The molecule has 5 heteroatoms. The number of amides is 1. The fourth-order valence-corrected chi connectivity index (χ4v) is 3.08. The first-order chi connectivity index (χ1) is 9.28. The van der Waals surface area contributed by atoms with Gasteiger partial charge in [0.25, 0.3) is 0 Å². The van der Waals surface area contributed by atoms with Gasteiger partial charge in [-0.3, -0.25) is 9.69 Å². The van der Waals surface area contributed by atoms with Gasteiger partial charge in [-0.05, 0) is 0 Å². The molecule has 2 aromatic rings. The van der Waals surface area contributed by atoms with Crippen molar-refractivity contribution in [2.45, 2.75) is 6.42 Å². The van der Waals surface area contributed by atoms with Crippen LogP contribution < -0.4 is 4.90 Å². The van der Waals surface area contributed by atoms with Crippen molar-refractivity contribution in [3.8, 4) is 11.3 Å². The third-order valence-corrected chi connectivity index (χ3v) is 4.12. The molecule has 19 heavy (non-hydrogen) atoms. The van der Waals surface area contributed by atoms with Crippen LogP contribution in [0.1, 0.15) is 6.42 Å². The lowest BCUT2D eigenvalue weighted by molar-refractivity contribution is -0.117. The van der Waals surface area contributed by atoms with Gasteiger partial charge >= 0.3 is 0 Å². The summed E-state index contributed by atoms with van der Waals surface area (Å²) in [7, 11) is 0. The average molecular weight is 274 g/mol. The summed E-state index contributed by atoms with van der Waals surface area (Å²) >= 11 is 1.47. The zero-order chi connectivity index (χ0) is 13.2. The molecule has 0 bridgehead atoms. The maximum absolute atomic E-state index is 11.9. The number of aromatic nitrogens is 1. The van der Waals surface area contributed by atoms with Crippen molar-refractivity contribution in [2.75, 3.05) is 18.1 Å². The van der Waals surface area contributed by atoms with Crippen LogP contribution in [-0.4, -0.2) is 29.1 Å². The van der Waals surface area contributed by atoms with Crippen LogP contribution in [0.15, 0.2) is 35.7 Å². The van der Waals surface area contributed by atoms with Gasteiger partial charge < -0.3 is 5.11 Å². The van der Waals surface area contributed by atoms with Crippen LogP contribution in [0.2, 0.25) is 0 Å². The lowest BCUT2D eigenvalue weighted by Gasteiger charge is -2.11. The number of carbonyl (C=O) groups excluding carboxylic acids is 1. The normalized spacial score (nSPS) is 19.1. The van der Waals surface area contributed by atoms with Crippen molar-refractivity contribution in [3.63, 3.8) is 0 Å². The molecule has 3 rings (SSSR count). The summed E-state index contributed by atoms with van der Waals surface area (Å²) in [5.74, 6) is 0.0876. The predicted molar refractivity (Wildman–Crippen MR) is 75.1 cm³/mol. The van der Waals surface area contributed by atoms with Gasteiger partial charge in [-0.1, -0.05) is 30.3 Å². The zero-order valence-corrected chi connectivity index (χ0v) is 11.1. The first kappa shape index (κ1) is 12.3. The highest BCUT2D eigenvalue weighted by Gasteiger charge is 2.31. The van der Waals surface area contributed by atoms with Gasteiger partial charge in [0.05, 0.1) is 5.69 Å². The quantitative estimate of drug-likeness (QED) is 0.933. The van der Waals surface area contributed by atoms with E-state index in [1.807, 2.05) is 35.7 Å². The lowest BCUT2D eigenvalue weighted by Crippen LogP contribution is -2.24. The number of thiazole rings is 1. The van der Waals surface area contributed by atoms with E-state index in [0.29, 0.717) is 13.0 Å². The number of rotatable bonds is 3. The Labute approximate surface area is 115 Å². The Kier molecular flexibility index (Phi) is 3.31. The maximum atomic E-state index is 11.9. The SMILES string of the molecule is O=C1CC(CO)CN1c1nc(-c2ccccc2)cs1. The molecule has 4 nitrogen and oxygen atoms in total. The Morgan fingerprint density at radius 3 is 2.84 bits per heavy atom. The van der Waals surface area contributed by atoms with Crippen LogP contribution in [0.25, 0.3) is 11.3 Å². The fraction of sp³-hybridized carbons (Fsp3) is 0.286. The van der Waals surface area contributed by atoms with Gasteiger partial charge in [0.1, 0.15) is 0 Å². The van der Waals surface area contributed by atoms with E-state index in [0.717, 1.165) is 16.4 Å². The summed E-state index contributed by atoms with van der Waals surface area (Å²) in [6.07, 6.45) is 0.413. The van der Waals surface area contributed by atoms with Crippen molar-refractivity contribution >= 4 is 22.4 Å². The maximum Gasteiger partial charge on any atom is 0.229 e. The molecule has 1 aromatic heterocycles. The highest BCUT2D eigenvalue weighted by molar-refractivity contribution is 7.14. The third-order valence-electron chi connectivity index (χ3n) is 3.26. The van der Waals surface area contributed by atoms with Crippen LogP contribution in [0.4, 0.5) is 5.13 Å². The highest BCUT2D eigenvalue weighted by Crippen LogP contribution is 2.31. The molecular formula is C14H14N2O2S. The van der Waals surface area contributed by atoms with Crippen LogP contribution in [0.3, 0.4) is 0 Å². The van der Waals surface area contributed by atoms with Gasteiger partial charge in [-0.15, -0.1) is 11.3 Å². The van der Waals surface area contributed by atoms with E-state index in [1.165, 1.54) is 11.3 Å². The molecule has 0 aliphatic carbocycles. The topological polar surface area (TPSA) is 53.4 Å². The fourth-order valence-electron chi connectivity index (χ4n) is 2.22. The lowest BCUT2D eigenvalue weighted by atomic mass is 10.1. The molecular weight excluding hydrogens is 260 g/mol. The monoisotopic (exact) mass is 274 g/mol. The largest absolute Gasteiger partial charge is 0.396 e. The number of carbonyl (C=O) groups is 1. The Hall–Kier alpha value is -1.72. The van der Waals surface area contributed by atoms with E-state index >= 15 is 0 Å². The molecule has 98 valence electrons. The van der Waals surface area contributed by atoms with Gasteiger partial charge in [-0.25, -0.2) is 4.98 Å². The number of aliphatic hydroxyl groups excluding tert-OH is 1. The Morgan fingerprint density at radius 2 is 2.16 bits per heavy atom. The van der Waals surface area contributed by atoms with Crippen molar-refractivity contribution in [3.05, 3.63) is 35.7 Å². The van der Waals surface area contributed by atoms with E-state index < -0.39 is 0 Å². The van der Waals surface area contributed by atoms with Gasteiger partial charge in [0.2, 0.25) is 5.91 Å². The zero-order valence-electron chi connectivity index (χ0n) is 10.3. The van der Waals surface area contributed by atoms with Crippen LogP contribution >= 0.6 is 11.3 Å². The molecule has 0 radical (unpaired) electrons. The Balaban J connectivity index is 1.84. The standard InChI is InChI=1S/C14H14N2O2S/c17-8-10-6-13(18)16(7-10)14-15-12(9-19-14)11-4-2-1-3-5-11/h1-5,9-10,17H,6-8H2. The third kappa shape index (κ3) is 2.39. The van der Waals surface area contributed by atoms with Crippen LogP contribution in [-0.2, 0) is 4.79 Å². The smallest absolute Gasteiger partial charge is 0.229 e. The van der Waals surface area contributed by atoms with Gasteiger partial charge in [0, 0.05) is 36.4 Å². The van der Waals surface area contributed by atoms with E-state index in [-0.39, 0.29) is 18.4 Å². The summed E-state index contributed by atoms with van der Waals surface area (Å²) in [4.78, 5) is 18.1. The molecule has 0 spiro atoms. The first-order valence-corrected chi connectivity index (χ1v) is 7.08. The molecule has 1 aliphatic heterocycles. The van der Waals surface area contributed by atoms with Crippen molar-refractivity contribution < 1.29 is 9.90 Å². The summed E-state index contributed by atoms with van der Waals surface area (Å²) < 4.78 is 0. The molecule has 1 N–H and O–H groups in total.